The van der Waals surface area contributed by atoms with E-state index in [9.17, 15) is 9.90 Å². The highest BCUT2D eigenvalue weighted by Crippen LogP contribution is 2.20. The molecule has 0 aromatic carbocycles. The Kier molecular flexibility index (Phi) is 11.6. The molecule has 0 fully saturated rings. The molecule has 1 aromatic heterocycles. The number of carbonyl (C=O) groups is 1. The standard InChI is InChI=1S/C19H30N2O2S.ClH/c1-13(2)6-5-7-14(3)8-9-15-10-11-21-16(12-15)17(19(22)23)18(24)20-4;/h10-14,17H,5-9H2,1-4H3,(H,20,24)(H,22,23);1H. The van der Waals surface area contributed by atoms with E-state index < -0.39 is 11.9 Å². The van der Waals surface area contributed by atoms with Crippen molar-refractivity contribution in [3.05, 3.63) is 29.6 Å². The Labute approximate surface area is 163 Å². The predicted octanol–water partition coefficient (Wildman–Crippen LogP) is 4.61. The molecular weight excluding hydrogens is 356 g/mol. The van der Waals surface area contributed by atoms with Crippen LogP contribution in [-0.4, -0.2) is 28.1 Å². The third-order valence-electron chi connectivity index (χ3n) is 4.30. The van der Waals surface area contributed by atoms with E-state index in [2.05, 4.69) is 31.1 Å². The van der Waals surface area contributed by atoms with Crippen molar-refractivity contribution in [2.24, 2.45) is 11.8 Å². The van der Waals surface area contributed by atoms with E-state index >= 15 is 0 Å². The Morgan fingerprint density at radius 3 is 2.52 bits per heavy atom. The summed E-state index contributed by atoms with van der Waals surface area (Å²) in [7, 11) is 1.64. The molecule has 0 bridgehead atoms. The van der Waals surface area contributed by atoms with Crippen LogP contribution >= 0.6 is 24.6 Å². The fraction of sp³-hybridized carbons (Fsp3) is 0.632. The van der Waals surface area contributed by atoms with Gasteiger partial charge in [-0.25, -0.2) is 0 Å². The first-order chi connectivity index (χ1) is 11.3. The number of aliphatic carboxylic acids is 1. The van der Waals surface area contributed by atoms with Crippen LogP contribution in [0.3, 0.4) is 0 Å². The Balaban J connectivity index is 0.00000576. The molecule has 2 atom stereocenters. The van der Waals surface area contributed by atoms with E-state index in [4.69, 9.17) is 12.2 Å². The number of thiocarbonyl (C=S) groups is 1. The zero-order valence-corrected chi connectivity index (χ0v) is 17.3. The lowest BCUT2D eigenvalue weighted by molar-refractivity contribution is -0.137. The molecule has 1 aromatic rings. The molecule has 1 rings (SSSR count). The number of carboxylic acids is 1. The minimum absolute atomic E-state index is 0. The van der Waals surface area contributed by atoms with Gasteiger partial charge >= 0.3 is 5.97 Å². The number of hydrogen-bond acceptors (Lipinski definition) is 3. The topological polar surface area (TPSA) is 62.2 Å². The van der Waals surface area contributed by atoms with Crippen LogP contribution in [0.1, 0.15) is 63.6 Å². The molecule has 0 amide bonds. The summed E-state index contributed by atoms with van der Waals surface area (Å²) in [5, 5.41) is 12.2. The largest absolute Gasteiger partial charge is 0.480 e. The van der Waals surface area contributed by atoms with Crippen molar-refractivity contribution in [1.82, 2.24) is 10.3 Å². The summed E-state index contributed by atoms with van der Waals surface area (Å²) in [5.74, 6) is -0.410. The number of nitrogens with one attached hydrogen (secondary N) is 1. The Bertz CT molecular complexity index is 552. The molecule has 1 heterocycles. The molecule has 0 saturated carbocycles. The summed E-state index contributed by atoms with van der Waals surface area (Å²) in [5.41, 5.74) is 1.63. The lowest BCUT2D eigenvalue weighted by Crippen LogP contribution is -2.30. The number of hydrogen-bond donors (Lipinski definition) is 2. The van der Waals surface area contributed by atoms with E-state index in [0.717, 1.165) is 24.3 Å². The number of likely N-dealkylation sites (N-methyl/N-ethyl adjacent to an activating group) is 1. The fourth-order valence-corrected chi connectivity index (χ4v) is 2.98. The maximum absolute atomic E-state index is 11.5. The van der Waals surface area contributed by atoms with Crippen LogP contribution in [0.4, 0.5) is 0 Å². The Morgan fingerprint density at radius 2 is 1.96 bits per heavy atom. The van der Waals surface area contributed by atoms with Crippen molar-refractivity contribution in [2.45, 2.75) is 58.8 Å². The third-order valence-corrected chi connectivity index (χ3v) is 4.74. The third kappa shape index (κ3) is 8.63. The van der Waals surface area contributed by atoms with Gasteiger partial charge in [-0.1, -0.05) is 52.3 Å². The lowest BCUT2D eigenvalue weighted by atomic mass is 9.94. The molecule has 2 unspecified atom stereocenters. The Morgan fingerprint density at radius 1 is 1.28 bits per heavy atom. The number of carboxylic acid groups (broad SMARTS) is 1. The monoisotopic (exact) mass is 386 g/mol. The summed E-state index contributed by atoms with van der Waals surface area (Å²) < 4.78 is 0. The van der Waals surface area contributed by atoms with Crippen LogP contribution in [0, 0.1) is 11.8 Å². The van der Waals surface area contributed by atoms with Gasteiger partial charge < -0.3 is 10.4 Å². The fourth-order valence-electron chi connectivity index (χ4n) is 2.76. The molecule has 0 aliphatic carbocycles. The van der Waals surface area contributed by atoms with Crippen LogP contribution in [0.25, 0.3) is 0 Å². The van der Waals surface area contributed by atoms with E-state index in [1.165, 1.54) is 19.3 Å². The minimum Gasteiger partial charge on any atom is -0.480 e. The van der Waals surface area contributed by atoms with Crippen molar-refractivity contribution >= 4 is 35.6 Å². The SMILES string of the molecule is CNC(=S)C(C(=O)O)c1cc(CCC(C)CCCC(C)C)ccn1.Cl. The first-order valence-corrected chi connectivity index (χ1v) is 9.15. The van der Waals surface area contributed by atoms with Gasteiger partial charge in [0.05, 0.1) is 10.7 Å². The summed E-state index contributed by atoms with van der Waals surface area (Å²) in [6.07, 6.45) is 7.54. The van der Waals surface area contributed by atoms with Gasteiger partial charge in [-0.15, -0.1) is 12.4 Å². The van der Waals surface area contributed by atoms with Crippen molar-refractivity contribution in [3.63, 3.8) is 0 Å². The Hall–Kier alpha value is -1.20. The smallest absolute Gasteiger partial charge is 0.319 e. The number of nitrogens with zero attached hydrogens (tertiary/aromatic N) is 1. The summed E-state index contributed by atoms with van der Waals surface area (Å²) in [6, 6.07) is 3.84. The molecule has 0 aliphatic rings. The first kappa shape index (κ1) is 23.8. The average Bonchev–Trinajstić information content (AvgIpc) is 2.52. The molecule has 142 valence electrons. The molecule has 2 N–H and O–H groups in total. The van der Waals surface area contributed by atoms with Crippen molar-refractivity contribution in [1.29, 1.82) is 0 Å². The molecule has 0 aliphatic heterocycles. The maximum atomic E-state index is 11.5. The average molecular weight is 387 g/mol. The van der Waals surface area contributed by atoms with Crippen molar-refractivity contribution < 1.29 is 9.90 Å². The van der Waals surface area contributed by atoms with Crippen LogP contribution < -0.4 is 5.32 Å². The van der Waals surface area contributed by atoms with Gasteiger partial charge in [0.2, 0.25) is 0 Å². The van der Waals surface area contributed by atoms with Gasteiger partial charge in [0.1, 0.15) is 5.92 Å². The summed E-state index contributed by atoms with van der Waals surface area (Å²) in [6.45, 7) is 6.81. The van der Waals surface area contributed by atoms with E-state index in [1.54, 1.807) is 13.2 Å². The lowest BCUT2D eigenvalue weighted by Gasteiger charge is -2.15. The maximum Gasteiger partial charge on any atom is 0.319 e. The normalized spacial score (nSPS) is 13.0. The van der Waals surface area contributed by atoms with Crippen molar-refractivity contribution in [3.8, 4) is 0 Å². The highest BCUT2D eigenvalue weighted by atomic mass is 35.5. The number of halogens is 1. The second-order valence-corrected chi connectivity index (χ2v) is 7.38. The summed E-state index contributed by atoms with van der Waals surface area (Å²) in [4.78, 5) is 16.0. The highest BCUT2D eigenvalue weighted by Gasteiger charge is 2.25. The quantitative estimate of drug-likeness (QED) is 0.575. The van der Waals surface area contributed by atoms with Gasteiger partial charge in [-0.05, 0) is 42.4 Å². The number of aryl methyl sites for hydroxylation is 1. The van der Waals surface area contributed by atoms with Crippen molar-refractivity contribution in [2.75, 3.05) is 7.05 Å². The van der Waals surface area contributed by atoms with Crippen LogP contribution in [-0.2, 0) is 11.2 Å². The van der Waals surface area contributed by atoms with Gasteiger partial charge in [-0.2, -0.15) is 0 Å². The number of pyridine rings is 1. The molecule has 25 heavy (non-hydrogen) atoms. The second-order valence-electron chi connectivity index (χ2n) is 6.94. The molecule has 0 saturated heterocycles. The van der Waals surface area contributed by atoms with Gasteiger partial charge in [0, 0.05) is 13.2 Å². The molecular formula is C19H31ClN2O2S. The molecule has 0 radical (unpaired) electrons. The van der Waals surface area contributed by atoms with E-state index in [1.807, 2.05) is 12.1 Å². The number of aromatic nitrogens is 1. The number of rotatable bonds is 10. The predicted molar refractivity (Wildman–Crippen MR) is 110 cm³/mol. The zero-order valence-electron chi connectivity index (χ0n) is 15.6. The molecule has 0 spiro atoms. The van der Waals surface area contributed by atoms with Crippen LogP contribution in [0.15, 0.2) is 18.3 Å². The highest BCUT2D eigenvalue weighted by molar-refractivity contribution is 7.80. The van der Waals surface area contributed by atoms with E-state index in [-0.39, 0.29) is 17.4 Å². The van der Waals surface area contributed by atoms with Gasteiger partial charge in [-0.3, -0.25) is 9.78 Å². The summed E-state index contributed by atoms with van der Waals surface area (Å²) >= 11 is 5.12. The molecule has 6 heteroatoms. The zero-order chi connectivity index (χ0) is 18.1. The first-order valence-electron chi connectivity index (χ1n) is 8.74. The van der Waals surface area contributed by atoms with Gasteiger partial charge in [0.25, 0.3) is 0 Å². The van der Waals surface area contributed by atoms with Crippen LogP contribution in [0.2, 0.25) is 0 Å². The van der Waals surface area contributed by atoms with Gasteiger partial charge in [0.15, 0.2) is 0 Å². The van der Waals surface area contributed by atoms with Crippen LogP contribution in [0.5, 0.6) is 0 Å². The second kappa shape index (κ2) is 12.2. The minimum atomic E-state index is -0.971. The van der Waals surface area contributed by atoms with E-state index in [0.29, 0.717) is 11.6 Å². The molecule has 4 nitrogen and oxygen atoms in total.